The lowest BCUT2D eigenvalue weighted by atomic mass is 10.1. The van der Waals surface area contributed by atoms with Crippen molar-refractivity contribution >= 4 is 17.5 Å². The number of rotatable bonds is 4. The zero-order valence-electron chi connectivity index (χ0n) is 11.3. The van der Waals surface area contributed by atoms with Crippen LogP contribution in [0.2, 0.25) is 0 Å². The summed E-state index contributed by atoms with van der Waals surface area (Å²) < 4.78 is 5.43. The van der Waals surface area contributed by atoms with Crippen LogP contribution in [0, 0.1) is 0 Å². The predicted molar refractivity (Wildman–Crippen MR) is 78.6 cm³/mol. The highest BCUT2D eigenvalue weighted by Crippen LogP contribution is 2.30. The number of imide groups is 1. The summed E-state index contributed by atoms with van der Waals surface area (Å²) in [5, 5.41) is 0. The highest BCUT2D eigenvalue weighted by atomic mass is 16.5. The van der Waals surface area contributed by atoms with Crippen molar-refractivity contribution in [1.82, 2.24) is 0 Å². The van der Waals surface area contributed by atoms with Crippen LogP contribution in [0.25, 0.3) is 0 Å². The minimum atomic E-state index is -0.313. The van der Waals surface area contributed by atoms with Crippen LogP contribution >= 0.6 is 0 Å². The van der Waals surface area contributed by atoms with E-state index in [1.165, 1.54) is 4.90 Å². The van der Waals surface area contributed by atoms with Gasteiger partial charge in [-0.15, -0.1) is 0 Å². The van der Waals surface area contributed by atoms with E-state index in [9.17, 15) is 9.59 Å². The van der Waals surface area contributed by atoms with Gasteiger partial charge in [-0.05, 0) is 24.3 Å². The smallest absolute Gasteiger partial charge is 0.266 e. The molecule has 0 fully saturated rings. The maximum absolute atomic E-state index is 12.4. The van der Waals surface area contributed by atoms with E-state index in [-0.39, 0.29) is 11.8 Å². The summed E-state index contributed by atoms with van der Waals surface area (Å²) >= 11 is 0. The summed E-state index contributed by atoms with van der Waals surface area (Å²) in [5.41, 5.74) is 6.74. The molecule has 2 aromatic rings. The number of fused-ring (bicyclic) bond motifs is 1. The Balaban J connectivity index is 1.95. The molecule has 2 amide bonds. The van der Waals surface area contributed by atoms with Crippen LogP contribution in [-0.2, 0) is 0 Å². The molecular formula is C16H14N2O3. The van der Waals surface area contributed by atoms with Crippen molar-refractivity contribution in [2.24, 2.45) is 5.73 Å². The van der Waals surface area contributed by atoms with Gasteiger partial charge in [-0.2, -0.15) is 0 Å². The fourth-order valence-corrected chi connectivity index (χ4v) is 2.31. The molecule has 106 valence electrons. The Kier molecular flexibility index (Phi) is 3.41. The van der Waals surface area contributed by atoms with Crippen LogP contribution < -0.4 is 15.4 Å². The van der Waals surface area contributed by atoms with Gasteiger partial charge in [0, 0.05) is 12.6 Å². The minimum Gasteiger partial charge on any atom is -0.492 e. The van der Waals surface area contributed by atoms with Crippen molar-refractivity contribution in [1.29, 1.82) is 0 Å². The molecule has 0 atom stereocenters. The van der Waals surface area contributed by atoms with Gasteiger partial charge in [0.05, 0.1) is 16.8 Å². The van der Waals surface area contributed by atoms with Crippen LogP contribution in [0.1, 0.15) is 20.7 Å². The summed E-state index contributed by atoms with van der Waals surface area (Å²) in [4.78, 5) is 25.9. The van der Waals surface area contributed by atoms with E-state index >= 15 is 0 Å². The maximum Gasteiger partial charge on any atom is 0.266 e. The molecule has 0 aliphatic carbocycles. The van der Waals surface area contributed by atoms with Gasteiger partial charge in [0.1, 0.15) is 12.4 Å². The van der Waals surface area contributed by atoms with Crippen molar-refractivity contribution in [3.05, 3.63) is 59.7 Å². The van der Waals surface area contributed by atoms with Crippen LogP contribution in [-0.4, -0.2) is 25.0 Å². The van der Waals surface area contributed by atoms with Gasteiger partial charge in [0.25, 0.3) is 11.8 Å². The second kappa shape index (κ2) is 5.38. The second-order valence-electron chi connectivity index (χ2n) is 4.63. The van der Waals surface area contributed by atoms with Gasteiger partial charge < -0.3 is 10.5 Å². The van der Waals surface area contributed by atoms with Crippen LogP contribution in [0.3, 0.4) is 0 Å². The van der Waals surface area contributed by atoms with Crippen molar-refractivity contribution in [3.8, 4) is 5.75 Å². The van der Waals surface area contributed by atoms with Gasteiger partial charge >= 0.3 is 0 Å². The molecule has 5 heteroatoms. The zero-order chi connectivity index (χ0) is 14.8. The lowest BCUT2D eigenvalue weighted by Gasteiger charge is -2.15. The summed E-state index contributed by atoms with van der Waals surface area (Å²) in [6, 6.07) is 13.7. The van der Waals surface area contributed by atoms with E-state index in [0.29, 0.717) is 35.7 Å². The average Bonchev–Trinajstić information content (AvgIpc) is 2.78. The molecule has 0 aromatic heterocycles. The summed E-state index contributed by atoms with van der Waals surface area (Å²) in [7, 11) is 0. The Morgan fingerprint density at radius 2 is 1.62 bits per heavy atom. The third-order valence-corrected chi connectivity index (χ3v) is 3.26. The quantitative estimate of drug-likeness (QED) is 0.868. The number of carbonyl (C=O) groups is 2. The van der Waals surface area contributed by atoms with Gasteiger partial charge in [-0.3, -0.25) is 9.59 Å². The first-order valence-electron chi connectivity index (χ1n) is 6.63. The first kappa shape index (κ1) is 13.3. The molecule has 1 aliphatic rings. The number of hydrogen-bond acceptors (Lipinski definition) is 4. The van der Waals surface area contributed by atoms with E-state index in [1.807, 2.05) is 0 Å². The summed E-state index contributed by atoms with van der Waals surface area (Å²) in [6.45, 7) is 0.781. The van der Waals surface area contributed by atoms with Gasteiger partial charge in [-0.1, -0.05) is 18.2 Å². The van der Waals surface area contributed by atoms with Crippen LogP contribution in [0.4, 0.5) is 5.69 Å². The molecule has 0 bridgehead atoms. The number of nitrogens with zero attached hydrogens (tertiary/aromatic N) is 1. The van der Waals surface area contributed by atoms with Crippen molar-refractivity contribution < 1.29 is 14.3 Å². The molecule has 0 saturated heterocycles. The predicted octanol–water partition coefficient (Wildman–Crippen LogP) is 1.82. The highest BCUT2D eigenvalue weighted by Gasteiger charge is 2.36. The largest absolute Gasteiger partial charge is 0.492 e. The lowest BCUT2D eigenvalue weighted by molar-refractivity contribution is 0.0926. The molecule has 21 heavy (non-hydrogen) atoms. The Morgan fingerprint density at radius 3 is 2.24 bits per heavy atom. The van der Waals surface area contributed by atoms with Crippen molar-refractivity contribution in [2.75, 3.05) is 18.1 Å². The minimum absolute atomic E-state index is 0.313. The number of carbonyl (C=O) groups excluding carboxylic acids is 2. The van der Waals surface area contributed by atoms with E-state index < -0.39 is 0 Å². The number of hydrogen-bond donors (Lipinski definition) is 1. The molecule has 0 radical (unpaired) electrons. The van der Waals surface area contributed by atoms with E-state index in [1.54, 1.807) is 48.5 Å². The first-order valence-corrected chi connectivity index (χ1v) is 6.63. The molecule has 1 heterocycles. The van der Waals surface area contributed by atoms with Crippen LogP contribution in [0.15, 0.2) is 48.5 Å². The first-order chi connectivity index (χ1) is 10.2. The van der Waals surface area contributed by atoms with E-state index in [4.69, 9.17) is 10.5 Å². The fourth-order valence-electron chi connectivity index (χ4n) is 2.31. The molecule has 0 unspecified atom stereocenters. The van der Waals surface area contributed by atoms with E-state index in [0.717, 1.165) is 0 Å². The Hall–Kier alpha value is -2.66. The number of amides is 2. The second-order valence-corrected chi connectivity index (χ2v) is 4.63. The third-order valence-electron chi connectivity index (χ3n) is 3.26. The van der Waals surface area contributed by atoms with Crippen LogP contribution in [0.5, 0.6) is 5.75 Å². The maximum atomic E-state index is 12.4. The topological polar surface area (TPSA) is 72.6 Å². The molecule has 1 aliphatic heterocycles. The normalized spacial score (nSPS) is 13.5. The molecule has 3 rings (SSSR count). The fraction of sp³-hybridized carbons (Fsp3) is 0.125. The average molecular weight is 282 g/mol. The number of anilines is 1. The number of nitrogens with two attached hydrogens (primary N) is 1. The molecular weight excluding hydrogens is 268 g/mol. The lowest BCUT2D eigenvalue weighted by Crippen LogP contribution is -2.29. The molecule has 0 spiro atoms. The number of ether oxygens (including phenoxy) is 1. The highest BCUT2D eigenvalue weighted by molar-refractivity contribution is 6.34. The van der Waals surface area contributed by atoms with E-state index in [2.05, 4.69) is 0 Å². The molecule has 2 aromatic carbocycles. The zero-order valence-corrected chi connectivity index (χ0v) is 11.3. The van der Waals surface area contributed by atoms with Gasteiger partial charge in [0.2, 0.25) is 0 Å². The van der Waals surface area contributed by atoms with Gasteiger partial charge in [0.15, 0.2) is 0 Å². The summed E-state index contributed by atoms with van der Waals surface area (Å²) in [5.74, 6) is -0.0485. The molecule has 0 saturated carbocycles. The molecule has 2 N–H and O–H groups in total. The Labute approximate surface area is 121 Å². The Bertz CT molecular complexity index is 677. The SMILES string of the molecule is NCCOc1cccc(N2C(=O)c3ccccc3C2=O)c1. The summed E-state index contributed by atoms with van der Waals surface area (Å²) in [6.07, 6.45) is 0. The standard InChI is InChI=1S/C16H14N2O3/c17-8-9-21-12-5-3-4-11(10-12)18-15(19)13-6-1-2-7-14(13)16(18)20/h1-7,10H,8-9,17H2. The molecule has 5 nitrogen and oxygen atoms in total. The number of benzene rings is 2. The third kappa shape index (κ3) is 2.28. The Morgan fingerprint density at radius 1 is 0.952 bits per heavy atom. The van der Waals surface area contributed by atoms with Crippen molar-refractivity contribution in [3.63, 3.8) is 0 Å². The van der Waals surface area contributed by atoms with Crippen molar-refractivity contribution in [2.45, 2.75) is 0 Å². The van der Waals surface area contributed by atoms with Gasteiger partial charge in [-0.25, -0.2) is 4.90 Å². The monoisotopic (exact) mass is 282 g/mol.